The molecule has 1 aromatic rings. The predicted octanol–water partition coefficient (Wildman–Crippen LogP) is 1.35. The average Bonchev–Trinajstić information content (AvgIpc) is 3.52. The third-order valence-electron chi connectivity index (χ3n) is 5.21. The van der Waals surface area contributed by atoms with E-state index in [-0.39, 0.29) is 11.8 Å². The summed E-state index contributed by atoms with van der Waals surface area (Å²) in [6, 6.07) is 0.631. The van der Waals surface area contributed by atoms with E-state index in [9.17, 15) is 9.59 Å². The number of nitrogens with one attached hydrogen (secondary N) is 1. The molecule has 1 aromatic heterocycles. The molecular formula is C17H25N5O2. The molecule has 0 spiro atoms. The second kappa shape index (κ2) is 6.53. The highest BCUT2D eigenvalue weighted by Crippen LogP contribution is 2.33. The largest absolute Gasteiger partial charge is 0.348 e. The molecule has 2 saturated carbocycles. The summed E-state index contributed by atoms with van der Waals surface area (Å²) in [6.07, 6.45) is 10.2. The van der Waals surface area contributed by atoms with Gasteiger partial charge >= 0.3 is 0 Å². The summed E-state index contributed by atoms with van der Waals surface area (Å²) in [5.74, 6) is 0.504. The quantitative estimate of drug-likeness (QED) is 0.853. The Kier molecular flexibility index (Phi) is 4.24. The van der Waals surface area contributed by atoms with Crippen LogP contribution in [0, 0.1) is 5.92 Å². The number of carbonyl (C=O) groups excluding carboxylic acids is 2. The SMILES string of the molecule is O=C(NC1CC1)c1cn(CCC2CCCCN2C(=O)C2CC2)nn1. The van der Waals surface area contributed by atoms with Gasteiger partial charge in [0.15, 0.2) is 5.69 Å². The Labute approximate surface area is 141 Å². The van der Waals surface area contributed by atoms with E-state index in [1.54, 1.807) is 10.9 Å². The van der Waals surface area contributed by atoms with Gasteiger partial charge in [0.05, 0.1) is 6.20 Å². The number of hydrogen-bond donors (Lipinski definition) is 1. The summed E-state index contributed by atoms with van der Waals surface area (Å²) in [7, 11) is 0. The molecule has 1 aliphatic heterocycles. The molecule has 4 rings (SSSR count). The second-order valence-electron chi connectivity index (χ2n) is 7.36. The zero-order valence-electron chi connectivity index (χ0n) is 14.0. The first-order valence-electron chi connectivity index (χ1n) is 9.22. The lowest BCUT2D eigenvalue weighted by Gasteiger charge is -2.36. The van der Waals surface area contributed by atoms with E-state index in [0.717, 1.165) is 51.5 Å². The summed E-state index contributed by atoms with van der Waals surface area (Å²) in [5.41, 5.74) is 0.386. The molecule has 2 aliphatic carbocycles. The normalized spacial score (nSPS) is 24.0. The highest BCUT2D eigenvalue weighted by atomic mass is 16.2. The van der Waals surface area contributed by atoms with Crippen molar-refractivity contribution in [1.29, 1.82) is 0 Å². The Bertz CT molecular complexity index is 620. The molecule has 0 aromatic carbocycles. The van der Waals surface area contributed by atoms with E-state index in [1.165, 1.54) is 6.42 Å². The van der Waals surface area contributed by atoms with E-state index < -0.39 is 0 Å². The Morgan fingerprint density at radius 1 is 1.17 bits per heavy atom. The molecule has 3 aliphatic rings. The summed E-state index contributed by atoms with van der Waals surface area (Å²) < 4.78 is 1.73. The monoisotopic (exact) mass is 331 g/mol. The van der Waals surface area contributed by atoms with Crippen LogP contribution in [0.2, 0.25) is 0 Å². The number of amides is 2. The Morgan fingerprint density at radius 2 is 2.00 bits per heavy atom. The number of piperidine rings is 1. The van der Waals surface area contributed by atoms with Crippen LogP contribution in [0.5, 0.6) is 0 Å². The number of carbonyl (C=O) groups is 2. The number of rotatable bonds is 6. The maximum Gasteiger partial charge on any atom is 0.273 e. The van der Waals surface area contributed by atoms with Gasteiger partial charge < -0.3 is 10.2 Å². The lowest BCUT2D eigenvalue weighted by molar-refractivity contribution is -0.136. The van der Waals surface area contributed by atoms with Crippen LogP contribution >= 0.6 is 0 Å². The van der Waals surface area contributed by atoms with Crippen LogP contribution in [0.15, 0.2) is 6.20 Å². The van der Waals surface area contributed by atoms with Crippen LogP contribution in [0.3, 0.4) is 0 Å². The summed E-state index contributed by atoms with van der Waals surface area (Å²) in [5, 5.41) is 11.0. The summed E-state index contributed by atoms with van der Waals surface area (Å²) >= 11 is 0. The Hall–Kier alpha value is -1.92. The molecule has 1 N–H and O–H groups in total. The van der Waals surface area contributed by atoms with Crippen molar-refractivity contribution in [2.45, 2.75) is 70.0 Å². The van der Waals surface area contributed by atoms with Crippen molar-refractivity contribution in [2.24, 2.45) is 5.92 Å². The number of aromatic nitrogens is 3. The minimum absolute atomic E-state index is 0.132. The van der Waals surface area contributed by atoms with Crippen molar-refractivity contribution in [2.75, 3.05) is 6.54 Å². The van der Waals surface area contributed by atoms with Gasteiger partial charge in [-0.1, -0.05) is 5.21 Å². The molecule has 7 nitrogen and oxygen atoms in total. The fourth-order valence-corrected chi connectivity index (χ4v) is 3.44. The molecule has 2 heterocycles. The summed E-state index contributed by atoms with van der Waals surface area (Å²) in [4.78, 5) is 26.5. The van der Waals surface area contributed by atoms with Crippen molar-refractivity contribution in [3.63, 3.8) is 0 Å². The number of hydrogen-bond acceptors (Lipinski definition) is 4. The number of nitrogens with zero attached hydrogens (tertiary/aromatic N) is 4. The summed E-state index contributed by atoms with van der Waals surface area (Å²) in [6.45, 7) is 1.59. The maximum absolute atomic E-state index is 12.4. The van der Waals surface area contributed by atoms with Crippen LogP contribution in [-0.2, 0) is 11.3 Å². The maximum atomic E-state index is 12.4. The zero-order valence-corrected chi connectivity index (χ0v) is 14.0. The van der Waals surface area contributed by atoms with Crippen molar-refractivity contribution < 1.29 is 9.59 Å². The highest BCUT2D eigenvalue weighted by Gasteiger charge is 2.37. The highest BCUT2D eigenvalue weighted by molar-refractivity contribution is 5.92. The van der Waals surface area contributed by atoms with Crippen LogP contribution in [0.4, 0.5) is 0 Å². The first-order chi connectivity index (χ1) is 11.7. The molecule has 1 saturated heterocycles. The van der Waals surface area contributed by atoms with Gasteiger partial charge in [-0.25, -0.2) is 0 Å². The van der Waals surface area contributed by atoms with E-state index in [0.29, 0.717) is 30.2 Å². The molecule has 1 atom stereocenters. The molecule has 24 heavy (non-hydrogen) atoms. The van der Waals surface area contributed by atoms with E-state index in [2.05, 4.69) is 20.5 Å². The van der Waals surface area contributed by atoms with Gasteiger partial charge in [0, 0.05) is 31.1 Å². The third kappa shape index (κ3) is 3.60. The Balaban J connectivity index is 1.32. The number of likely N-dealkylation sites (tertiary alicyclic amines) is 1. The van der Waals surface area contributed by atoms with Gasteiger partial charge in [-0.2, -0.15) is 0 Å². The lowest BCUT2D eigenvalue weighted by Crippen LogP contribution is -2.45. The van der Waals surface area contributed by atoms with Crippen LogP contribution in [0.1, 0.15) is 61.9 Å². The molecule has 0 radical (unpaired) electrons. The molecule has 7 heteroatoms. The fourth-order valence-electron chi connectivity index (χ4n) is 3.44. The van der Waals surface area contributed by atoms with E-state index in [4.69, 9.17) is 0 Å². The van der Waals surface area contributed by atoms with Gasteiger partial charge in [-0.05, 0) is 51.4 Å². The zero-order chi connectivity index (χ0) is 16.5. The van der Waals surface area contributed by atoms with Gasteiger partial charge in [-0.3, -0.25) is 14.3 Å². The first-order valence-corrected chi connectivity index (χ1v) is 9.22. The smallest absolute Gasteiger partial charge is 0.273 e. The number of aryl methyl sites for hydroxylation is 1. The predicted molar refractivity (Wildman–Crippen MR) is 87.2 cm³/mol. The first kappa shape index (κ1) is 15.6. The van der Waals surface area contributed by atoms with Gasteiger partial charge in [0.2, 0.25) is 5.91 Å². The molecule has 130 valence electrons. The van der Waals surface area contributed by atoms with Crippen LogP contribution in [0.25, 0.3) is 0 Å². The molecule has 1 unspecified atom stereocenters. The second-order valence-corrected chi connectivity index (χ2v) is 7.36. The standard InChI is InChI=1S/C17H25N5O2/c23-16(18-13-6-7-13)15-11-21(20-19-15)10-8-14-3-1-2-9-22(14)17(24)12-4-5-12/h11-14H,1-10H2,(H,18,23). The minimum atomic E-state index is -0.132. The van der Waals surface area contributed by atoms with Crippen LogP contribution in [-0.4, -0.2) is 50.3 Å². The van der Waals surface area contributed by atoms with Crippen molar-refractivity contribution in [3.8, 4) is 0 Å². The third-order valence-corrected chi connectivity index (χ3v) is 5.21. The van der Waals surface area contributed by atoms with Crippen molar-refractivity contribution in [1.82, 2.24) is 25.2 Å². The Morgan fingerprint density at radius 3 is 2.75 bits per heavy atom. The van der Waals surface area contributed by atoms with E-state index in [1.807, 2.05) is 0 Å². The fraction of sp³-hybridized carbons (Fsp3) is 0.765. The minimum Gasteiger partial charge on any atom is -0.348 e. The van der Waals surface area contributed by atoms with E-state index >= 15 is 0 Å². The van der Waals surface area contributed by atoms with Crippen molar-refractivity contribution >= 4 is 11.8 Å². The van der Waals surface area contributed by atoms with Crippen LogP contribution < -0.4 is 5.32 Å². The van der Waals surface area contributed by atoms with Gasteiger partial charge in [0.25, 0.3) is 5.91 Å². The van der Waals surface area contributed by atoms with Crippen molar-refractivity contribution in [3.05, 3.63) is 11.9 Å². The molecular weight excluding hydrogens is 306 g/mol. The molecule has 2 amide bonds. The topological polar surface area (TPSA) is 80.1 Å². The molecule has 3 fully saturated rings. The van der Waals surface area contributed by atoms with Gasteiger partial charge in [0.1, 0.15) is 0 Å². The average molecular weight is 331 g/mol. The van der Waals surface area contributed by atoms with Gasteiger partial charge in [-0.15, -0.1) is 5.10 Å². The molecule has 0 bridgehead atoms. The lowest BCUT2D eigenvalue weighted by atomic mass is 9.98.